The molecule has 110 valence electrons. The topological polar surface area (TPSA) is 52.6 Å². The largest absolute Gasteiger partial charge is 0.497 e. The predicted octanol–water partition coefficient (Wildman–Crippen LogP) is 2.84. The summed E-state index contributed by atoms with van der Waals surface area (Å²) in [6.45, 7) is 3.38. The third-order valence-electron chi connectivity index (χ3n) is 3.21. The minimum absolute atomic E-state index is 0.0605. The average Bonchev–Trinajstić information content (AvgIpc) is 2.50. The Morgan fingerprint density at radius 1 is 1.15 bits per heavy atom. The molecule has 2 atom stereocenters. The van der Waals surface area contributed by atoms with Crippen LogP contribution in [-0.4, -0.2) is 32.0 Å². The number of hydrogen-bond acceptors (Lipinski definition) is 4. The summed E-state index contributed by atoms with van der Waals surface area (Å²) in [5.74, 6) is -1.31. The fourth-order valence-corrected chi connectivity index (χ4v) is 1.68. The van der Waals surface area contributed by atoms with Gasteiger partial charge in [-0.15, -0.1) is 0 Å². The molecule has 0 saturated carbocycles. The lowest BCUT2D eigenvalue weighted by Gasteiger charge is -2.12. The third-order valence-corrected chi connectivity index (χ3v) is 3.21. The first-order valence-electron chi connectivity index (χ1n) is 6.39. The highest BCUT2D eigenvalue weighted by atomic mass is 19.1. The van der Waals surface area contributed by atoms with E-state index in [1.807, 2.05) is 0 Å². The normalized spacial score (nSPS) is 13.4. The van der Waals surface area contributed by atoms with Gasteiger partial charge in [-0.2, -0.15) is 0 Å². The number of methoxy groups -OCH3 is 2. The van der Waals surface area contributed by atoms with Gasteiger partial charge in [-0.05, 0) is 18.6 Å². The summed E-state index contributed by atoms with van der Waals surface area (Å²) in [5, 5.41) is 0. The van der Waals surface area contributed by atoms with E-state index in [9.17, 15) is 14.0 Å². The van der Waals surface area contributed by atoms with Crippen LogP contribution in [0.4, 0.5) is 4.39 Å². The Kier molecular flexibility index (Phi) is 5.67. The molecule has 4 nitrogen and oxygen atoms in total. The molecule has 0 heterocycles. The molecule has 0 saturated heterocycles. The number of ether oxygens (including phenoxy) is 2. The zero-order valence-electron chi connectivity index (χ0n) is 12.1. The van der Waals surface area contributed by atoms with Gasteiger partial charge in [0.25, 0.3) is 0 Å². The maximum Gasteiger partial charge on any atom is 0.221 e. The van der Waals surface area contributed by atoms with E-state index in [0.717, 1.165) is 0 Å². The molecule has 1 aromatic carbocycles. The number of alkyl halides is 1. The van der Waals surface area contributed by atoms with Gasteiger partial charge in [0.1, 0.15) is 11.5 Å². The van der Waals surface area contributed by atoms with E-state index < -0.39 is 23.7 Å². The lowest BCUT2D eigenvalue weighted by molar-refractivity contribution is -0.125. The van der Waals surface area contributed by atoms with Crippen LogP contribution in [-0.2, 0) is 4.79 Å². The van der Waals surface area contributed by atoms with E-state index in [1.165, 1.54) is 26.4 Å². The van der Waals surface area contributed by atoms with Crippen LogP contribution in [0.15, 0.2) is 18.2 Å². The van der Waals surface area contributed by atoms with Crippen LogP contribution in [0.5, 0.6) is 11.5 Å². The van der Waals surface area contributed by atoms with Crippen LogP contribution >= 0.6 is 0 Å². The minimum Gasteiger partial charge on any atom is -0.497 e. The molecular formula is C15H19FO4. The number of carbonyl (C=O) groups excluding carboxylic acids is 2. The highest BCUT2D eigenvalue weighted by Gasteiger charge is 2.30. The maximum atomic E-state index is 14.0. The van der Waals surface area contributed by atoms with Gasteiger partial charge in [-0.3, -0.25) is 9.59 Å². The Bertz CT molecular complexity index is 476. The number of rotatable bonds is 7. The van der Waals surface area contributed by atoms with Crippen molar-refractivity contribution in [3.63, 3.8) is 0 Å². The molecule has 0 aliphatic rings. The molecule has 0 aromatic heterocycles. The van der Waals surface area contributed by atoms with Gasteiger partial charge in [-0.1, -0.05) is 13.8 Å². The van der Waals surface area contributed by atoms with Crippen molar-refractivity contribution < 1.29 is 23.5 Å². The Labute approximate surface area is 117 Å². The monoisotopic (exact) mass is 282 g/mol. The van der Waals surface area contributed by atoms with Crippen molar-refractivity contribution in [2.75, 3.05) is 14.2 Å². The molecule has 0 N–H and O–H groups in total. The van der Waals surface area contributed by atoms with Crippen molar-refractivity contribution in [1.29, 1.82) is 0 Å². The highest BCUT2D eigenvalue weighted by Crippen LogP contribution is 2.24. The Balaban J connectivity index is 3.05. The molecule has 0 fully saturated rings. The molecule has 0 spiro atoms. The van der Waals surface area contributed by atoms with Crippen molar-refractivity contribution >= 4 is 11.6 Å². The van der Waals surface area contributed by atoms with Crippen LogP contribution in [0, 0.1) is 5.92 Å². The van der Waals surface area contributed by atoms with Crippen molar-refractivity contribution in [1.82, 2.24) is 0 Å². The molecule has 0 bridgehead atoms. The Morgan fingerprint density at radius 3 is 2.05 bits per heavy atom. The SMILES string of the molecule is CCC(C)C(=O)C(F)C(=O)c1cc(OC)cc(OC)c1. The van der Waals surface area contributed by atoms with Gasteiger partial charge in [-0.25, -0.2) is 4.39 Å². The molecule has 1 rings (SSSR count). The van der Waals surface area contributed by atoms with Gasteiger partial charge in [0.05, 0.1) is 14.2 Å². The second kappa shape index (κ2) is 7.03. The first kappa shape index (κ1) is 16.1. The zero-order chi connectivity index (χ0) is 15.3. The van der Waals surface area contributed by atoms with E-state index in [1.54, 1.807) is 19.9 Å². The van der Waals surface area contributed by atoms with Crippen LogP contribution in [0.2, 0.25) is 0 Å². The van der Waals surface area contributed by atoms with Crippen LogP contribution < -0.4 is 9.47 Å². The Morgan fingerprint density at radius 2 is 1.65 bits per heavy atom. The van der Waals surface area contributed by atoms with Gasteiger partial charge in [0, 0.05) is 17.5 Å². The second-order valence-corrected chi connectivity index (χ2v) is 4.54. The molecule has 0 radical (unpaired) electrons. The van der Waals surface area contributed by atoms with Crippen LogP contribution in [0.3, 0.4) is 0 Å². The van der Waals surface area contributed by atoms with E-state index in [4.69, 9.17) is 9.47 Å². The second-order valence-electron chi connectivity index (χ2n) is 4.54. The van der Waals surface area contributed by atoms with Crippen molar-refractivity contribution in [3.05, 3.63) is 23.8 Å². The van der Waals surface area contributed by atoms with Crippen molar-refractivity contribution in [3.8, 4) is 11.5 Å². The Hall–Kier alpha value is -1.91. The van der Waals surface area contributed by atoms with E-state index in [0.29, 0.717) is 17.9 Å². The number of halogens is 1. The van der Waals surface area contributed by atoms with Gasteiger partial charge < -0.3 is 9.47 Å². The number of ketones is 2. The summed E-state index contributed by atoms with van der Waals surface area (Å²) in [4.78, 5) is 23.8. The van der Waals surface area contributed by atoms with Gasteiger partial charge in [0.15, 0.2) is 5.78 Å². The maximum absolute atomic E-state index is 14.0. The summed E-state index contributed by atoms with van der Waals surface area (Å²) in [6.07, 6.45) is -1.66. The summed E-state index contributed by atoms with van der Waals surface area (Å²) in [7, 11) is 2.86. The molecule has 0 aliphatic carbocycles. The predicted molar refractivity (Wildman–Crippen MR) is 73.2 cm³/mol. The van der Waals surface area contributed by atoms with Gasteiger partial charge in [0.2, 0.25) is 12.0 Å². The summed E-state index contributed by atoms with van der Waals surface area (Å²) < 4.78 is 24.0. The van der Waals surface area contributed by atoms with Crippen molar-refractivity contribution in [2.45, 2.75) is 26.4 Å². The zero-order valence-corrected chi connectivity index (χ0v) is 12.1. The molecule has 0 amide bonds. The minimum atomic E-state index is -2.15. The number of carbonyl (C=O) groups is 2. The van der Waals surface area contributed by atoms with E-state index in [2.05, 4.69) is 0 Å². The molecule has 0 aliphatic heterocycles. The molecule has 2 unspecified atom stereocenters. The van der Waals surface area contributed by atoms with Gasteiger partial charge >= 0.3 is 0 Å². The first-order valence-corrected chi connectivity index (χ1v) is 6.39. The first-order chi connectivity index (χ1) is 9.44. The molecular weight excluding hydrogens is 263 g/mol. The summed E-state index contributed by atoms with van der Waals surface area (Å²) in [5.41, 5.74) is 0.0605. The van der Waals surface area contributed by atoms with Crippen LogP contribution in [0.1, 0.15) is 30.6 Å². The molecule has 5 heteroatoms. The van der Waals surface area contributed by atoms with Crippen molar-refractivity contribution in [2.24, 2.45) is 5.92 Å². The summed E-state index contributed by atoms with van der Waals surface area (Å²) >= 11 is 0. The smallest absolute Gasteiger partial charge is 0.221 e. The fourth-order valence-electron chi connectivity index (χ4n) is 1.68. The molecule has 20 heavy (non-hydrogen) atoms. The van der Waals surface area contributed by atoms with E-state index >= 15 is 0 Å². The quantitative estimate of drug-likeness (QED) is 0.570. The number of Topliss-reactive ketones (excluding diaryl/α,β-unsaturated/α-hetero) is 2. The lowest BCUT2D eigenvalue weighted by Crippen LogP contribution is -2.30. The number of hydrogen-bond donors (Lipinski definition) is 0. The highest BCUT2D eigenvalue weighted by molar-refractivity contribution is 6.13. The fraction of sp³-hybridized carbons (Fsp3) is 0.467. The number of benzene rings is 1. The van der Waals surface area contributed by atoms with E-state index in [-0.39, 0.29) is 5.56 Å². The standard InChI is InChI=1S/C15H19FO4/c1-5-9(2)14(17)13(16)15(18)10-6-11(19-3)8-12(7-10)20-4/h6-9,13H,5H2,1-4H3. The average molecular weight is 282 g/mol. The third kappa shape index (κ3) is 3.56. The van der Waals surface area contributed by atoms with Crippen LogP contribution in [0.25, 0.3) is 0 Å². The summed E-state index contributed by atoms with van der Waals surface area (Å²) in [6, 6.07) is 4.35. The molecule has 1 aromatic rings. The lowest BCUT2D eigenvalue weighted by atomic mass is 9.95.